The van der Waals surface area contributed by atoms with Crippen LogP contribution in [-0.4, -0.2) is 39.6 Å². The lowest BCUT2D eigenvalue weighted by atomic mass is 10.1. The van der Waals surface area contributed by atoms with Crippen molar-refractivity contribution >= 4 is 27.3 Å². The van der Waals surface area contributed by atoms with Gasteiger partial charge in [0, 0.05) is 18.7 Å². The summed E-state index contributed by atoms with van der Waals surface area (Å²) >= 11 is 0. The number of para-hydroxylation sites is 1. The van der Waals surface area contributed by atoms with Gasteiger partial charge in [-0.1, -0.05) is 24.3 Å². The molecule has 32 heavy (non-hydrogen) atoms. The van der Waals surface area contributed by atoms with Crippen molar-refractivity contribution in [2.24, 2.45) is 0 Å². The molecule has 0 unspecified atom stereocenters. The molecule has 0 bridgehead atoms. The van der Waals surface area contributed by atoms with Gasteiger partial charge in [-0.3, -0.25) is 9.52 Å². The summed E-state index contributed by atoms with van der Waals surface area (Å²) in [5.41, 5.74) is 2.63. The third-order valence-corrected chi connectivity index (χ3v) is 6.05. The zero-order valence-corrected chi connectivity index (χ0v) is 18.9. The lowest BCUT2D eigenvalue weighted by molar-refractivity contribution is 0.102. The van der Waals surface area contributed by atoms with E-state index in [-0.39, 0.29) is 10.5 Å². The van der Waals surface area contributed by atoms with Crippen LogP contribution in [0, 0.1) is 13.8 Å². The van der Waals surface area contributed by atoms with Crippen LogP contribution in [0.3, 0.4) is 0 Å². The van der Waals surface area contributed by atoms with E-state index in [1.165, 1.54) is 18.3 Å². The summed E-state index contributed by atoms with van der Waals surface area (Å²) in [7, 11) is -2.29. The zero-order chi connectivity index (χ0) is 23.1. The minimum atomic E-state index is -3.87. The lowest BCUT2D eigenvalue weighted by Gasteiger charge is -2.13. The van der Waals surface area contributed by atoms with E-state index >= 15 is 0 Å². The summed E-state index contributed by atoms with van der Waals surface area (Å²) in [4.78, 5) is 17.0. The van der Waals surface area contributed by atoms with Gasteiger partial charge < -0.3 is 14.8 Å². The molecule has 0 aliphatic heterocycles. The maximum Gasteiger partial charge on any atom is 0.261 e. The highest BCUT2D eigenvalue weighted by atomic mass is 32.2. The number of benzene rings is 2. The number of aryl methyl sites for hydroxylation is 2. The van der Waals surface area contributed by atoms with E-state index in [1.807, 2.05) is 19.1 Å². The number of hydrogen-bond acceptors (Lipinski definition) is 6. The van der Waals surface area contributed by atoms with Crippen molar-refractivity contribution in [1.82, 2.24) is 4.98 Å². The molecular weight excluding hydrogens is 430 g/mol. The van der Waals surface area contributed by atoms with Crippen LogP contribution < -0.4 is 14.8 Å². The van der Waals surface area contributed by atoms with Gasteiger partial charge in [0.2, 0.25) is 5.88 Å². The van der Waals surface area contributed by atoms with Crippen LogP contribution in [-0.2, 0) is 14.8 Å². The zero-order valence-electron chi connectivity index (χ0n) is 18.1. The first kappa shape index (κ1) is 23.2. The Bertz CT molecular complexity index is 1190. The van der Waals surface area contributed by atoms with Gasteiger partial charge in [0.1, 0.15) is 6.61 Å². The average Bonchev–Trinajstić information content (AvgIpc) is 2.77. The van der Waals surface area contributed by atoms with E-state index < -0.39 is 15.9 Å². The number of nitrogens with one attached hydrogen (secondary N) is 2. The monoisotopic (exact) mass is 455 g/mol. The molecule has 0 fully saturated rings. The Labute approximate surface area is 187 Å². The van der Waals surface area contributed by atoms with Crippen LogP contribution in [0.1, 0.15) is 21.5 Å². The van der Waals surface area contributed by atoms with Gasteiger partial charge in [0.05, 0.1) is 29.1 Å². The van der Waals surface area contributed by atoms with Crippen molar-refractivity contribution in [1.29, 1.82) is 0 Å². The maximum absolute atomic E-state index is 12.9. The Morgan fingerprint density at radius 1 is 1.00 bits per heavy atom. The number of nitrogens with zero attached hydrogens (tertiary/aromatic N) is 1. The van der Waals surface area contributed by atoms with Gasteiger partial charge in [-0.25, -0.2) is 13.4 Å². The Balaban J connectivity index is 1.76. The summed E-state index contributed by atoms with van der Waals surface area (Å²) in [6.07, 6.45) is 1.47. The summed E-state index contributed by atoms with van der Waals surface area (Å²) in [5, 5.41) is 2.73. The minimum absolute atomic E-state index is 0.00322. The standard InChI is InChI=1S/C23H25N3O5S/c1-16-8-10-19(32(28,29)26-21-7-5-4-6-17(21)2)14-20(16)23(27)25-18-9-11-22(24-15-18)31-13-12-30-3/h4-11,14-15,26H,12-13H2,1-3H3,(H,25,27). The number of methoxy groups -OCH3 is 1. The first-order valence-corrected chi connectivity index (χ1v) is 11.4. The van der Waals surface area contributed by atoms with Crippen molar-refractivity contribution in [3.8, 4) is 5.88 Å². The number of sulfonamides is 1. The molecule has 0 aliphatic rings. The van der Waals surface area contributed by atoms with Crippen molar-refractivity contribution in [3.63, 3.8) is 0 Å². The third kappa shape index (κ3) is 5.83. The molecule has 9 heteroatoms. The maximum atomic E-state index is 12.9. The molecule has 2 aromatic carbocycles. The van der Waals surface area contributed by atoms with E-state index in [0.29, 0.717) is 36.0 Å². The Morgan fingerprint density at radius 2 is 1.78 bits per heavy atom. The Kier molecular flexibility index (Phi) is 7.45. The number of carbonyl (C=O) groups is 1. The van der Waals surface area contributed by atoms with E-state index in [2.05, 4.69) is 15.0 Å². The minimum Gasteiger partial charge on any atom is -0.475 e. The lowest BCUT2D eigenvalue weighted by Crippen LogP contribution is -2.17. The van der Waals surface area contributed by atoms with Crippen molar-refractivity contribution in [2.75, 3.05) is 30.4 Å². The number of carbonyl (C=O) groups excluding carboxylic acids is 1. The molecule has 0 saturated carbocycles. The quantitative estimate of drug-likeness (QED) is 0.476. The predicted octanol–water partition coefficient (Wildman–Crippen LogP) is 3.78. The normalized spacial score (nSPS) is 11.1. The second-order valence-corrected chi connectivity index (χ2v) is 8.76. The third-order valence-electron chi connectivity index (χ3n) is 4.68. The number of amides is 1. The smallest absolute Gasteiger partial charge is 0.261 e. The average molecular weight is 456 g/mol. The van der Waals surface area contributed by atoms with Crippen molar-refractivity contribution in [2.45, 2.75) is 18.7 Å². The van der Waals surface area contributed by atoms with Gasteiger partial charge in [0.15, 0.2) is 0 Å². The molecule has 0 spiro atoms. The molecule has 2 N–H and O–H groups in total. The SMILES string of the molecule is COCCOc1ccc(NC(=O)c2cc(S(=O)(=O)Nc3ccccc3C)ccc2C)cn1. The summed E-state index contributed by atoms with van der Waals surface area (Å²) in [5.74, 6) is -0.0307. The second kappa shape index (κ2) is 10.3. The largest absolute Gasteiger partial charge is 0.475 e. The first-order valence-electron chi connectivity index (χ1n) is 9.88. The van der Waals surface area contributed by atoms with Gasteiger partial charge in [-0.05, 0) is 49.2 Å². The molecule has 1 aromatic heterocycles. The highest BCUT2D eigenvalue weighted by molar-refractivity contribution is 7.92. The van der Waals surface area contributed by atoms with Crippen LogP contribution in [0.4, 0.5) is 11.4 Å². The summed E-state index contributed by atoms with van der Waals surface area (Å²) in [6, 6.07) is 14.8. The Hall–Kier alpha value is -3.43. The molecule has 1 heterocycles. The summed E-state index contributed by atoms with van der Waals surface area (Å²) < 4.78 is 38.6. The second-order valence-electron chi connectivity index (χ2n) is 7.08. The molecule has 3 aromatic rings. The fourth-order valence-corrected chi connectivity index (χ4v) is 4.03. The molecule has 8 nitrogen and oxygen atoms in total. The topological polar surface area (TPSA) is 107 Å². The molecule has 1 amide bonds. The fraction of sp³-hybridized carbons (Fsp3) is 0.217. The van der Waals surface area contributed by atoms with Crippen LogP contribution in [0.2, 0.25) is 0 Å². The van der Waals surface area contributed by atoms with Gasteiger partial charge >= 0.3 is 0 Å². The number of aromatic nitrogens is 1. The first-order chi connectivity index (χ1) is 15.3. The number of hydrogen-bond donors (Lipinski definition) is 2. The number of ether oxygens (including phenoxy) is 2. The molecule has 0 saturated heterocycles. The highest BCUT2D eigenvalue weighted by Gasteiger charge is 2.19. The van der Waals surface area contributed by atoms with Crippen LogP contribution in [0.25, 0.3) is 0 Å². The predicted molar refractivity (Wildman–Crippen MR) is 123 cm³/mol. The van der Waals surface area contributed by atoms with E-state index in [0.717, 1.165) is 5.56 Å². The molecular formula is C23H25N3O5S. The molecule has 0 radical (unpaired) electrons. The van der Waals surface area contributed by atoms with E-state index in [1.54, 1.807) is 44.4 Å². The molecule has 3 rings (SSSR count). The van der Waals surface area contributed by atoms with Gasteiger partial charge in [-0.2, -0.15) is 0 Å². The van der Waals surface area contributed by atoms with Gasteiger partial charge in [0.25, 0.3) is 15.9 Å². The van der Waals surface area contributed by atoms with E-state index in [9.17, 15) is 13.2 Å². The highest BCUT2D eigenvalue weighted by Crippen LogP contribution is 2.22. The number of rotatable bonds is 9. The van der Waals surface area contributed by atoms with Crippen molar-refractivity contribution < 1.29 is 22.7 Å². The number of anilines is 2. The van der Waals surface area contributed by atoms with Crippen LogP contribution in [0.5, 0.6) is 5.88 Å². The molecule has 0 atom stereocenters. The number of pyridine rings is 1. The Morgan fingerprint density at radius 3 is 2.47 bits per heavy atom. The van der Waals surface area contributed by atoms with Crippen molar-refractivity contribution in [3.05, 3.63) is 77.5 Å². The van der Waals surface area contributed by atoms with Crippen LogP contribution >= 0.6 is 0 Å². The van der Waals surface area contributed by atoms with Crippen LogP contribution in [0.15, 0.2) is 65.7 Å². The molecule has 168 valence electrons. The fourth-order valence-electron chi connectivity index (χ4n) is 2.87. The summed E-state index contributed by atoms with van der Waals surface area (Å²) in [6.45, 7) is 4.36. The van der Waals surface area contributed by atoms with Gasteiger partial charge in [-0.15, -0.1) is 0 Å². The molecule has 0 aliphatic carbocycles. The van der Waals surface area contributed by atoms with E-state index in [4.69, 9.17) is 9.47 Å².